The van der Waals surface area contributed by atoms with Crippen LogP contribution in [-0.4, -0.2) is 56.2 Å². The van der Waals surface area contributed by atoms with Gasteiger partial charge in [0.1, 0.15) is 5.75 Å². The maximum absolute atomic E-state index is 12.6. The number of sulfonamides is 1. The summed E-state index contributed by atoms with van der Waals surface area (Å²) < 4.78 is 32.1. The predicted octanol–water partition coefficient (Wildman–Crippen LogP) is 2.70. The number of aromatic nitrogens is 2. The lowest BCUT2D eigenvalue weighted by Crippen LogP contribution is -2.32. The van der Waals surface area contributed by atoms with Crippen molar-refractivity contribution in [1.82, 2.24) is 14.3 Å². The lowest BCUT2D eigenvalue weighted by atomic mass is 10.00. The molecule has 7 nitrogen and oxygen atoms in total. The van der Waals surface area contributed by atoms with Gasteiger partial charge < -0.3 is 9.64 Å². The van der Waals surface area contributed by atoms with E-state index in [2.05, 4.69) is 4.98 Å². The fourth-order valence-corrected chi connectivity index (χ4v) is 4.71. The molecule has 1 atom stereocenters. The second kappa shape index (κ2) is 7.82. The van der Waals surface area contributed by atoms with Gasteiger partial charge in [0, 0.05) is 32.4 Å². The number of ether oxygens (including phenoxy) is 1. The van der Waals surface area contributed by atoms with E-state index in [-0.39, 0.29) is 11.8 Å². The molecule has 1 aromatic heterocycles. The van der Waals surface area contributed by atoms with Crippen molar-refractivity contribution in [2.24, 2.45) is 0 Å². The lowest BCUT2D eigenvalue weighted by Gasteiger charge is -2.25. The Kier molecular flexibility index (Phi) is 5.67. The first-order valence-electron chi connectivity index (χ1n) is 9.05. The molecule has 0 N–H and O–H groups in total. The smallest absolute Gasteiger partial charge is 0.225 e. The Bertz CT molecular complexity index is 915. The second-order valence-corrected chi connectivity index (χ2v) is 8.97. The molecule has 1 unspecified atom stereocenters. The molecule has 1 saturated heterocycles. The molecule has 27 heavy (non-hydrogen) atoms. The summed E-state index contributed by atoms with van der Waals surface area (Å²) in [6.45, 7) is 2.21. The Morgan fingerprint density at radius 3 is 2.78 bits per heavy atom. The quantitative estimate of drug-likeness (QED) is 0.755. The highest BCUT2D eigenvalue weighted by atomic mass is 32.2. The van der Waals surface area contributed by atoms with Crippen molar-refractivity contribution in [2.75, 3.05) is 38.4 Å². The molecule has 0 aliphatic carbocycles. The molecule has 1 fully saturated rings. The van der Waals surface area contributed by atoms with Crippen molar-refractivity contribution in [3.63, 3.8) is 0 Å². The van der Waals surface area contributed by atoms with E-state index in [1.165, 1.54) is 0 Å². The van der Waals surface area contributed by atoms with Crippen molar-refractivity contribution < 1.29 is 13.2 Å². The van der Waals surface area contributed by atoms with Crippen LogP contribution in [-0.2, 0) is 10.0 Å². The zero-order chi connectivity index (χ0) is 19.6. The summed E-state index contributed by atoms with van der Waals surface area (Å²) in [5, 5.41) is 0. The monoisotopic (exact) mass is 390 g/mol. The van der Waals surface area contributed by atoms with Gasteiger partial charge in [-0.25, -0.2) is 18.4 Å². The molecule has 0 bridgehead atoms. The minimum absolute atomic E-state index is 0.0869. The average Bonchev–Trinajstić information content (AvgIpc) is 3.18. The second-order valence-electron chi connectivity index (χ2n) is 6.76. The zero-order valence-electron chi connectivity index (χ0n) is 16.2. The molecule has 1 aliphatic rings. The van der Waals surface area contributed by atoms with Gasteiger partial charge in [-0.05, 0) is 37.5 Å². The minimum atomic E-state index is -3.31. The van der Waals surface area contributed by atoms with Gasteiger partial charge >= 0.3 is 0 Å². The van der Waals surface area contributed by atoms with E-state index in [9.17, 15) is 8.42 Å². The molecule has 8 heteroatoms. The lowest BCUT2D eigenvalue weighted by molar-refractivity contribution is 0.391. The van der Waals surface area contributed by atoms with E-state index in [1.54, 1.807) is 24.5 Å². The predicted molar refractivity (Wildman–Crippen MR) is 106 cm³/mol. The van der Waals surface area contributed by atoms with Gasteiger partial charge in [0.15, 0.2) is 0 Å². The van der Waals surface area contributed by atoms with E-state index in [1.807, 2.05) is 43.3 Å². The number of methoxy groups -OCH3 is 1. The van der Waals surface area contributed by atoms with Crippen LogP contribution in [0, 0.1) is 0 Å². The third kappa shape index (κ3) is 3.91. The molecule has 0 saturated carbocycles. The highest BCUT2D eigenvalue weighted by Gasteiger charge is 2.36. The standard InChI is InChI=1S/C19H26N4O3S/c1-5-27(24,25)23-11-7-10-17(23)18-16(13-20-19(21-18)22(2)3)14-8-6-9-15(12-14)26-4/h6,8-9,12-13,17H,5,7,10-11H2,1-4H3. The summed E-state index contributed by atoms with van der Waals surface area (Å²) in [6, 6.07) is 7.39. The van der Waals surface area contributed by atoms with Crippen LogP contribution in [0.4, 0.5) is 5.95 Å². The molecule has 0 amide bonds. The maximum Gasteiger partial charge on any atom is 0.225 e. The van der Waals surface area contributed by atoms with Gasteiger partial charge in [-0.2, -0.15) is 4.31 Å². The van der Waals surface area contributed by atoms with Crippen molar-refractivity contribution >= 4 is 16.0 Å². The molecule has 1 aromatic carbocycles. The van der Waals surface area contributed by atoms with Crippen LogP contribution in [0.5, 0.6) is 5.75 Å². The number of hydrogen-bond acceptors (Lipinski definition) is 6. The zero-order valence-corrected chi connectivity index (χ0v) is 17.0. The van der Waals surface area contributed by atoms with Crippen molar-refractivity contribution in [3.8, 4) is 16.9 Å². The Balaban J connectivity index is 2.15. The maximum atomic E-state index is 12.6. The first-order chi connectivity index (χ1) is 12.9. The first-order valence-corrected chi connectivity index (χ1v) is 10.7. The molecule has 1 aliphatic heterocycles. The fraction of sp³-hybridized carbons (Fsp3) is 0.474. The summed E-state index contributed by atoms with van der Waals surface area (Å²) in [4.78, 5) is 11.0. The molecular weight excluding hydrogens is 364 g/mol. The number of nitrogens with zero attached hydrogens (tertiary/aromatic N) is 4. The number of benzene rings is 1. The van der Waals surface area contributed by atoms with Crippen LogP contribution in [0.3, 0.4) is 0 Å². The van der Waals surface area contributed by atoms with Crippen LogP contribution in [0.2, 0.25) is 0 Å². The van der Waals surface area contributed by atoms with E-state index in [0.717, 1.165) is 35.4 Å². The van der Waals surface area contributed by atoms with Gasteiger partial charge in [-0.15, -0.1) is 0 Å². The summed E-state index contributed by atoms with van der Waals surface area (Å²) in [5.41, 5.74) is 2.49. The Morgan fingerprint density at radius 2 is 2.11 bits per heavy atom. The molecule has 0 spiro atoms. The average molecular weight is 391 g/mol. The molecule has 2 heterocycles. The highest BCUT2D eigenvalue weighted by Crippen LogP contribution is 2.39. The van der Waals surface area contributed by atoms with Crippen LogP contribution in [0.25, 0.3) is 11.1 Å². The van der Waals surface area contributed by atoms with E-state index in [0.29, 0.717) is 12.5 Å². The summed E-state index contributed by atoms with van der Waals surface area (Å²) in [6.07, 6.45) is 3.35. The molecule has 3 rings (SSSR count). The van der Waals surface area contributed by atoms with E-state index >= 15 is 0 Å². The van der Waals surface area contributed by atoms with Gasteiger partial charge in [-0.3, -0.25) is 0 Å². The number of rotatable bonds is 6. The van der Waals surface area contributed by atoms with Crippen molar-refractivity contribution in [2.45, 2.75) is 25.8 Å². The van der Waals surface area contributed by atoms with Crippen LogP contribution < -0.4 is 9.64 Å². The van der Waals surface area contributed by atoms with Crippen LogP contribution in [0.1, 0.15) is 31.5 Å². The Labute approximate surface area is 161 Å². The van der Waals surface area contributed by atoms with Gasteiger partial charge in [-0.1, -0.05) is 12.1 Å². The van der Waals surface area contributed by atoms with E-state index < -0.39 is 10.0 Å². The Hall–Kier alpha value is -2.19. The number of hydrogen-bond donors (Lipinski definition) is 0. The minimum Gasteiger partial charge on any atom is -0.497 e. The third-order valence-electron chi connectivity index (χ3n) is 4.83. The van der Waals surface area contributed by atoms with Crippen molar-refractivity contribution in [1.29, 1.82) is 0 Å². The highest BCUT2D eigenvalue weighted by molar-refractivity contribution is 7.89. The van der Waals surface area contributed by atoms with Crippen molar-refractivity contribution in [3.05, 3.63) is 36.2 Å². The molecule has 0 radical (unpaired) electrons. The third-order valence-corrected chi connectivity index (χ3v) is 6.71. The summed E-state index contributed by atoms with van der Waals surface area (Å²) in [7, 11) is 2.07. The normalized spacial score (nSPS) is 17.9. The molecular formula is C19H26N4O3S. The van der Waals surface area contributed by atoms with Gasteiger partial charge in [0.05, 0.1) is 24.6 Å². The first kappa shape index (κ1) is 19.6. The fourth-order valence-electron chi connectivity index (χ4n) is 3.38. The largest absolute Gasteiger partial charge is 0.497 e. The van der Waals surface area contributed by atoms with Gasteiger partial charge in [0.2, 0.25) is 16.0 Å². The van der Waals surface area contributed by atoms with Crippen LogP contribution >= 0.6 is 0 Å². The SMILES string of the molecule is CCS(=O)(=O)N1CCCC1c1nc(N(C)C)ncc1-c1cccc(OC)c1. The van der Waals surface area contributed by atoms with Crippen LogP contribution in [0.15, 0.2) is 30.5 Å². The van der Waals surface area contributed by atoms with Gasteiger partial charge in [0.25, 0.3) is 0 Å². The van der Waals surface area contributed by atoms with E-state index in [4.69, 9.17) is 9.72 Å². The molecule has 2 aromatic rings. The Morgan fingerprint density at radius 1 is 1.33 bits per heavy atom. The molecule has 146 valence electrons. The number of anilines is 1. The topological polar surface area (TPSA) is 75.6 Å². The summed E-state index contributed by atoms with van der Waals surface area (Å²) in [5.74, 6) is 1.39. The summed E-state index contributed by atoms with van der Waals surface area (Å²) >= 11 is 0.